The zero-order valence-electron chi connectivity index (χ0n) is 18.3. The van der Waals surface area contributed by atoms with E-state index in [2.05, 4.69) is 31.0 Å². The number of fused-ring (bicyclic) bond motifs is 1. The maximum Gasteiger partial charge on any atom is 0.236 e. The van der Waals surface area contributed by atoms with Crippen molar-refractivity contribution >= 4 is 34.8 Å². The van der Waals surface area contributed by atoms with Crippen LogP contribution in [0.1, 0.15) is 37.2 Å². The number of amides is 1. The van der Waals surface area contributed by atoms with Crippen molar-refractivity contribution in [1.29, 1.82) is 0 Å². The third kappa shape index (κ3) is 4.44. The van der Waals surface area contributed by atoms with Crippen molar-refractivity contribution in [3.05, 3.63) is 47.3 Å². The van der Waals surface area contributed by atoms with Crippen molar-refractivity contribution < 1.29 is 9.53 Å². The van der Waals surface area contributed by atoms with Crippen LogP contribution in [-0.4, -0.2) is 53.4 Å². The summed E-state index contributed by atoms with van der Waals surface area (Å²) >= 11 is 0. The Morgan fingerprint density at radius 1 is 1.26 bits per heavy atom. The van der Waals surface area contributed by atoms with E-state index in [0.29, 0.717) is 37.5 Å². The highest BCUT2D eigenvalue weighted by molar-refractivity contribution is 6.02. The van der Waals surface area contributed by atoms with Gasteiger partial charge in [-0.25, -0.2) is 9.97 Å². The molecule has 0 saturated carbocycles. The Kier molecular flexibility index (Phi) is 6.27. The van der Waals surface area contributed by atoms with Gasteiger partial charge in [0.15, 0.2) is 11.5 Å². The summed E-state index contributed by atoms with van der Waals surface area (Å²) in [5.74, 6) is 1.32. The van der Waals surface area contributed by atoms with E-state index < -0.39 is 0 Å². The minimum atomic E-state index is 0.455. The van der Waals surface area contributed by atoms with Crippen molar-refractivity contribution in [3.8, 4) is 0 Å². The van der Waals surface area contributed by atoms with E-state index in [9.17, 15) is 4.79 Å². The number of pyridine rings is 1. The molecule has 1 amide bonds. The largest absolute Gasteiger partial charge is 0.378 e. The molecule has 8 nitrogen and oxygen atoms in total. The van der Waals surface area contributed by atoms with Gasteiger partial charge in [-0.3, -0.25) is 4.79 Å². The van der Waals surface area contributed by atoms with Crippen LogP contribution in [0.5, 0.6) is 0 Å². The van der Waals surface area contributed by atoms with E-state index in [0.717, 1.165) is 53.4 Å². The number of hydrogen-bond acceptors (Lipinski definition) is 6. The molecule has 1 aliphatic rings. The van der Waals surface area contributed by atoms with Crippen LogP contribution in [0.15, 0.2) is 35.4 Å². The molecular weight excluding hydrogens is 392 g/mol. The fourth-order valence-corrected chi connectivity index (χ4v) is 3.76. The van der Waals surface area contributed by atoms with Crippen LogP contribution < -0.4 is 9.91 Å². The Hall–Kier alpha value is -3.26. The van der Waals surface area contributed by atoms with Crippen LogP contribution in [0.2, 0.25) is 0 Å². The first kappa shape index (κ1) is 21.0. The van der Waals surface area contributed by atoms with Crippen LogP contribution in [0.4, 0.5) is 11.5 Å². The third-order valence-electron chi connectivity index (χ3n) is 5.41. The lowest BCUT2D eigenvalue weighted by molar-refractivity contribution is -0.107. The maximum atomic E-state index is 12.1. The Labute approximate surface area is 181 Å². The van der Waals surface area contributed by atoms with Gasteiger partial charge in [-0.15, -0.1) is 0 Å². The SMILES string of the molecule is CC/C(=N\N(C=O)c1cc(N2CCOCC2)c2[nH]c(CC)nc2n1)c1cccc(C)c1. The molecule has 0 bridgehead atoms. The Balaban J connectivity index is 1.79. The van der Waals surface area contributed by atoms with Crippen LogP contribution in [0.25, 0.3) is 11.2 Å². The predicted octanol–water partition coefficient (Wildman–Crippen LogP) is 3.44. The van der Waals surface area contributed by atoms with Gasteiger partial charge in [0.1, 0.15) is 11.3 Å². The van der Waals surface area contributed by atoms with E-state index in [1.54, 1.807) is 0 Å². The number of nitrogens with zero attached hydrogens (tertiary/aromatic N) is 5. The lowest BCUT2D eigenvalue weighted by atomic mass is 10.1. The first-order valence-electron chi connectivity index (χ1n) is 10.7. The molecule has 3 heterocycles. The average Bonchev–Trinajstić information content (AvgIpc) is 3.23. The van der Waals surface area contributed by atoms with Gasteiger partial charge in [0.05, 0.1) is 24.6 Å². The van der Waals surface area contributed by atoms with Crippen LogP contribution in [-0.2, 0) is 16.0 Å². The van der Waals surface area contributed by atoms with E-state index in [4.69, 9.17) is 4.74 Å². The number of anilines is 2. The molecule has 1 aliphatic heterocycles. The molecule has 1 fully saturated rings. The van der Waals surface area contributed by atoms with Gasteiger partial charge in [-0.05, 0) is 18.9 Å². The van der Waals surface area contributed by atoms with Crippen molar-refractivity contribution in [2.24, 2.45) is 5.10 Å². The molecule has 0 aliphatic carbocycles. The summed E-state index contributed by atoms with van der Waals surface area (Å²) in [6.07, 6.45) is 2.17. The van der Waals surface area contributed by atoms with Gasteiger partial charge in [0.2, 0.25) is 6.41 Å². The highest BCUT2D eigenvalue weighted by Crippen LogP contribution is 2.30. The number of H-pyrrole nitrogens is 1. The minimum Gasteiger partial charge on any atom is -0.378 e. The molecule has 8 heteroatoms. The number of aromatic nitrogens is 3. The fourth-order valence-electron chi connectivity index (χ4n) is 3.76. The second kappa shape index (κ2) is 9.26. The van der Waals surface area contributed by atoms with Crippen molar-refractivity contribution in [3.63, 3.8) is 0 Å². The lowest BCUT2D eigenvalue weighted by Gasteiger charge is -2.29. The van der Waals surface area contributed by atoms with E-state index in [1.807, 2.05) is 45.0 Å². The van der Waals surface area contributed by atoms with Crippen LogP contribution in [0.3, 0.4) is 0 Å². The van der Waals surface area contributed by atoms with E-state index >= 15 is 0 Å². The van der Waals surface area contributed by atoms with Gasteiger partial charge < -0.3 is 14.6 Å². The molecule has 0 unspecified atom stereocenters. The Morgan fingerprint density at radius 2 is 2.06 bits per heavy atom. The van der Waals surface area contributed by atoms with Crippen molar-refractivity contribution in [2.45, 2.75) is 33.6 Å². The van der Waals surface area contributed by atoms with Crippen molar-refractivity contribution in [2.75, 3.05) is 36.2 Å². The topological polar surface area (TPSA) is 86.7 Å². The molecule has 4 rings (SSSR count). The number of rotatable bonds is 7. The summed E-state index contributed by atoms with van der Waals surface area (Å²) < 4.78 is 5.51. The molecule has 0 radical (unpaired) electrons. The number of morpholine rings is 1. The lowest BCUT2D eigenvalue weighted by Crippen LogP contribution is -2.36. The van der Waals surface area contributed by atoms with Gasteiger partial charge >= 0.3 is 0 Å². The molecule has 2 aromatic heterocycles. The summed E-state index contributed by atoms with van der Waals surface area (Å²) in [6, 6.07) is 10.0. The maximum absolute atomic E-state index is 12.1. The summed E-state index contributed by atoms with van der Waals surface area (Å²) in [7, 11) is 0. The number of ether oxygens (including phenoxy) is 1. The molecule has 1 saturated heterocycles. The smallest absolute Gasteiger partial charge is 0.236 e. The second-order valence-electron chi connectivity index (χ2n) is 7.55. The number of hydrazone groups is 1. The first-order valence-corrected chi connectivity index (χ1v) is 10.7. The molecule has 1 aromatic carbocycles. The number of nitrogens with one attached hydrogen (secondary N) is 1. The Bertz CT molecular complexity index is 1100. The summed E-state index contributed by atoms with van der Waals surface area (Å²) in [6.45, 7) is 8.99. The summed E-state index contributed by atoms with van der Waals surface area (Å²) in [5.41, 5.74) is 5.40. The number of aryl methyl sites for hydroxylation is 2. The van der Waals surface area contributed by atoms with Crippen LogP contribution in [0, 0.1) is 6.92 Å². The zero-order chi connectivity index (χ0) is 21.8. The number of carbonyl (C=O) groups is 1. The highest BCUT2D eigenvalue weighted by Gasteiger charge is 2.20. The monoisotopic (exact) mass is 420 g/mol. The minimum absolute atomic E-state index is 0.455. The fraction of sp³-hybridized carbons (Fsp3) is 0.391. The van der Waals surface area contributed by atoms with Crippen molar-refractivity contribution in [1.82, 2.24) is 15.0 Å². The predicted molar refractivity (Wildman–Crippen MR) is 123 cm³/mol. The zero-order valence-corrected chi connectivity index (χ0v) is 18.3. The van der Waals surface area contributed by atoms with Crippen LogP contribution >= 0.6 is 0 Å². The van der Waals surface area contributed by atoms with Gasteiger partial charge in [-0.1, -0.05) is 43.7 Å². The number of carbonyl (C=O) groups excluding carboxylic acids is 1. The van der Waals surface area contributed by atoms with E-state index in [-0.39, 0.29) is 0 Å². The van der Waals surface area contributed by atoms with Gasteiger partial charge in [0.25, 0.3) is 0 Å². The molecule has 0 spiro atoms. The number of hydrogen-bond donors (Lipinski definition) is 1. The van der Waals surface area contributed by atoms with E-state index in [1.165, 1.54) is 5.01 Å². The standard InChI is InChI=1S/C23H28N6O2/c1-4-18(17-8-6-7-16(3)13-17)27-29(15-30)21-14-19(28-9-11-31-12-10-28)22-23(26-21)25-20(5-2)24-22/h6-8,13-15H,4-5,9-12H2,1-3H3,(H,24,25,26)/b27-18+. The van der Waals surface area contributed by atoms with Gasteiger partial charge in [0, 0.05) is 25.6 Å². The number of benzene rings is 1. The highest BCUT2D eigenvalue weighted by atomic mass is 16.5. The summed E-state index contributed by atoms with van der Waals surface area (Å²) in [5, 5.41) is 5.96. The number of aromatic amines is 1. The first-order chi connectivity index (χ1) is 15.1. The molecule has 1 N–H and O–H groups in total. The second-order valence-corrected chi connectivity index (χ2v) is 7.55. The quantitative estimate of drug-likeness (QED) is 0.359. The average molecular weight is 421 g/mol. The molecular formula is C23H28N6O2. The molecule has 31 heavy (non-hydrogen) atoms. The third-order valence-corrected chi connectivity index (χ3v) is 5.41. The Morgan fingerprint density at radius 3 is 2.74 bits per heavy atom. The summed E-state index contributed by atoms with van der Waals surface area (Å²) in [4.78, 5) is 27.0. The molecule has 3 aromatic rings. The normalized spacial score (nSPS) is 14.8. The van der Waals surface area contributed by atoms with Gasteiger partial charge in [-0.2, -0.15) is 10.1 Å². The number of imidazole rings is 1. The molecule has 0 atom stereocenters. The molecule has 162 valence electrons.